The highest BCUT2D eigenvalue weighted by atomic mass is 32.2. The number of anilines is 1. The Labute approximate surface area is 236 Å². The van der Waals surface area contributed by atoms with E-state index in [1.165, 1.54) is 10.7 Å². The minimum absolute atomic E-state index is 0.0104. The molecule has 208 valence electrons. The van der Waals surface area contributed by atoms with Crippen LogP contribution in [-0.2, 0) is 9.84 Å². The fourth-order valence-electron chi connectivity index (χ4n) is 6.46. The number of aromatic amines is 1. The lowest BCUT2D eigenvalue weighted by Gasteiger charge is -2.39. The Morgan fingerprint density at radius 1 is 1.00 bits per heavy atom. The molecule has 0 aliphatic carbocycles. The lowest BCUT2D eigenvalue weighted by Crippen LogP contribution is -2.46. The van der Waals surface area contributed by atoms with E-state index in [4.69, 9.17) is 10.7 Å². The van der Waals surface area contributed by atoms with Crippen LogP contribution in [0.25, 0.3) is 28.0 Å². The minimum Gasteiger partial charge on any atom is -0.382 e. The summed E-state index contributed by atoms with van der Waals surface area (Å²) >= 11 is 0. The molecule has 4 aromatic heterocycles. The first-order chi connectivity index (χ1) is 19.8. The normalized spacial score (nSPS) is 20.5. The van der Waals surface area contributed by atoms with E-state index in [1.807, 2.05) is 47.4 Å². The van der Waals surface area contributed by atoms with Gasteiger partial charge in [-0.3, -0.25) is 14.9 Å². The Kier molecular flexibility index (Phi) is 5.89. The summed E-state index contributed by atoms with van der Waals surface area (Å²) in [5.74, 6) is -0.198. The summed E-state index contributed by atoms with van der Waals surface area (Å²) in [6.45, 7) is 0. The van der Waals surface area contributed by atoms with Gasteiger partial charge in [0.1, 0.15) is 10.7 Å². The molecule has 1 aromatic carbocycles. The number of nitrogens with two attached hydrogens (primary N) is 1. The molecule has 0 saturated carbocycles. The third-order valence-electron chi connectivity index (χ3n) is 8.28. The van der Waals surface area contributed by atoms with Crippen LogP contribution in [-0.4, -0.2) is 67.3 Å². The fraction of sp³-hybridized carbons (Fsp3) is 0.276. The molecule has 11 nitrogen and oxygen atoms in total. The zero-order chi connectivity index (χ0) is 28.3. The Bertz CT molecular complexity index is 1850. The predicted octanol–water partition coefficient (Wildman–Crippen LogP) is 3.72. The van der Waals surface area contributed by atoms with Gasteiger partial charge in [-0.05, 0) is 31.7 Å². The van der Waals surface area contributed by atoms with Crippen molar-refractivity contribution < 1.29 is 13.2 Å². The number of rotatable bonds is 5. The van der Waals surface area contributed by atoms with E-state index in [9.17, 15) is 13.2 Å². The summed E-state index contributed by atoms with van der Waals surface area (Å²) < 4.78 is 27.5. The number of nitrogens with one attached hydrogen (secondary N) is 1. The van der Waals surface area contributed by atoms with Crippen LogP contribution in [0.5, 0.6) is 0 Å². The molecule has 2 bridgehead atoms. The number of fused-ring (bicyclic) bond motifs is 3. The van der Waals surface area contributed by atoms with Gasteiger partial charge in [0.2, 0.25) is 0 Å². The van der Waals surface area contributed by atoms with E-state index in [1.54, 1.807) is 18.6 Å². The molecule has 1 amide bonds. The lowest BCUT2D eigenvalue weighted by molar-refractivity contribution is 0.0568. The van der Waals surface area contributed by atoms with Gasteiger partial charge in [0.25, 0.3) is 5.91 Å². The largest absolute Gasteiger partial charge is 0.382 e. The van der Waals surface area contributed by atoms with Gasteiger partial charge in [0, 0.05) is 53.3 Å². The molecular formula is C29H28N8O3S. The van der Waals surface area contributed by atoms with Gasteiger partial charge < -0.3 is 10.6 Å². The number of carbonyl (C=O) groups is 1. The van der Waals surface area contributed by atoms with E-state index in [0.29, 0.717) is 35.3 Å². The smallest absolute Gasteiger partial charge is 0.257 e. The van der Waals surface area contributed by atoms with Crippen molar-refractivity contribution in [2.75, 3.05) is 12.0 Å². The molecule has 2 aliphatic heterocycles. The maximum absolute atomic E-state index is 13.2. The zero-order valence-electron chi connectivity index (χ0n) is 22.3. The van der Waals surface area contributed by atoms with E-state index < -0.39 is 9.84 Å². The molecule has 12 heteroatoms. The number of amides is 1. The summed E-state index contributed by atoms with van der Waals surface area (Å²) in [4.78, 5) is 24.8. The van der Waals surface area contributed by atoms with Crippen molar-refractivity contribution in [3.63, 3.8) is 0 Å². The Balaban J connectivity index is 1.29. The van der Waals surface area contributed by atoms with Gasteiger partial charge in [-0.25, -0.2) is 13.4 Å². The van der Waals surface area contributed by atoms with Gasteiger partial charge in [0.15, 0.2) is 15.5 Å². The van der Waals surface area contributed by atoms with E-state index in [2.05, 4.69) is 20.3 Å². The number of hydrogen-bond donors (Lipinski definition) is 2. The molecule has 41 heavy (non-hydrogen) atoms. The van der Waals surface area contributed by atoms with Crippen LogP contribution in [0.4, 0.5) is 5.82 Å². The highest BCUT2D eigenvalue weighted by Gasteiger charge is 2.45. The number of benzene rings is 1. The number of sulfone groups is 1. The second-order valence-electron chi connectivity index (χ2n) is 10.8. The monoisotopic (exact) mass is 568 g/mol. The van der Waals surface area contributed by atoms with E-state index in [-0.39, 0.29) is 34.6 Å². The van der Waals surface area contributed by atoms with Crippen LogP contribution in [0.1, 0.15) is 47.7 Å². The highest BCUT2D eigenvalue weighted by molar-refractivity contribution is 7.91. The van der Waals surface area contributed by atoms with E-state index in [0.717, 1.165) is 35.9 Å². The predicted molar refractivity (Wildman–Crippen MR) is 153 cm³/mol. The van der Waals surface area contributed by atoms with E-state index >= 15 is 0 Å². The number of H-pyrrole nitrogens is 1. The first-order valence-corrected chi connectivity index (χ1v) is 15.4. The first-order valence-electron chi connectivity index (χ1n) is 13.5. The standard InChI is InChI=1S/C29H28N8O3S/c1-41(39,40)26-25(19-11-21-8-9-22(12-19)36(21)29(38)20-14-32-33-15-20)35-28-23(16-34-37(28)27(26)30)18-7-10-24(31-13-18)17-5-3-2-4-6-17/h2-7,10,13-16,19,21-22H,8-9,11-12,30H2,1H3,(H,32,33). The molecule has 5 aromatic rings. The summed E-state index contributed by atoms with van der Waals surface area (Å²) in [5.41, 5.74) is 11.3. The highest BCUT2D eigenvalue weighted by Crippen LogP contribution is 2.45. The number of carbonyl (C=O) groups excluding carboxylic acids is 1. The summed E-state index contributed by atoms with van der Waals surface area (Å²) in [6.07, 6.45) is 10.6. The molecule has 0 radical (unpaired) electrons. The van der Waals surface area contributed by atoms with Crippen LogP contribution in [0.2, 0.25) is 0 Å². The molecule has 2 aliphatic rings. The maximum atomic E-state index is 13.2. The second-order valence-corrected chi connectivity index (χ2v) is 12.8. The summed E-state index contributed by atoms with van der Waals surface area (Å²) in [7, 11) is -3.73. The van der Waals surface area contributed by atoms with Gasteiger partial charge in [-0.1, -0.05) is 36.4 Å². The number of nitrogen functional groups attached to an aromatic ring is 1. The second kappa shape index (κ2) is 9.51. The van der Waals surface area contributed by atoms with Crippen LogP contribution >= 0.6 is 0 Å². The average molecular weight is 569 g/mol. The van der Waals surface area contributed by atoms with Gasteiger partial charge in [-0.15, -0.1) is 0 Å². The molecule has 2 saturated heterocycles. The molecule has 7 rings (SSSR count). The SMILES string of the molecule is CS(=O)(=O)c1c(C2CC3CCC(C2)N3C(=O)c2cn[nH]c2)nc2c(-c3ccc(-c4ccccc4)nc3)cnn2c1N. The number of hydrogen-bond acceptors (Lipinski definition) is 8. The molecule has 2 fully saturated rings. The number of piperidine rings is 1. The maximum Gasteiger partial charge on any atom is 0.257 e. The molecular weight excluding hydrogens is 540 g/mol. The Morgan fingerprint density at radius 3 is 2.39 bits per heavy atom. The zero-order valence-corrected chi connectivity index (χ0v) is 23.1. The Morgan fingerprint density at radius 2 is 1.76 bits per heavy atom. The molecule has 2 unspecified atom stereocenters. The molecule has 2 atom stereocenters. The first kappa shape index (κ1) is 25.4. The van der Waals surface area contributed by atoms with Crippen molar-refractivity contribution in [3.8, 4) is 22.4 Å². The minimum atomic E-state index is -3.73. The van der Waals surface area contributed by atoms with Gasteiger partial charge in [0.05, 0.1) is 29.3 Å². The average Bonchev–Trinajstić information content (AvgIpc) is 3.71. The van der Waals surface area contributed by atoms with Crippen molar-refractivity contribution in [2.24, 2.45) is 0 Å². The summed E-state index contributed by atoms with van der Waals surface area (Å²) in [5, 5.41) is 11.0. The van der Waals surface area contributed by atoms with Crippen molar-refractivity contribution in [1.82, 2.24) is 34.7 Å². The molecule has 6 heterocycles. The van der Waals surface area contributed by atoms with Gasteiger partial charge in [-0.2, -0.15) is 14.7 Å². The fourth-order valence-corrected chi connectivity index (χ4v) is 7.52. The summed E-state index contributed by atoms with van der Waals surface area (Å²) in [6, 6.07) is 13.7. The van der Waals surface area contributed by atoms with Crippen LogP contribution < -0.4 is 5.73 Å². The van der Waals surface area contributed by atoms with Crippen LogP contribution in [0.15, 0.2) is 72.1 Å². The molecule has 3 N–H and O–H groups in total. The topological polar surface area (TPSA) is 152 Å². The Hall–Kier alpha value is -4.58. The van der Waals surface area contributed by atoms with Crippen molar-refractivity contribution >= 4 is 27.2 Å². The van der Waals surface area contributed by atoms with Crippen LogP contribution in [0, 0.1) is 0 Å². The molecule has 0 spiro atoms. The van der Waals surface area contributed by atoms with Crippen molar-refractivity contribution in [2.45, 2.75) is 48.6 Å². The lowest BCUT2D eigenvalue weighted by atomic mass is 9.87. The van der Waals surface area contributed by atoms with Crippen molar-refractivity contribution in [3.05, 3.63) is 78.5 Å². The third-order valence-corrected chi connectivity index (χ3v) is 9.44. The quantitative estimate of drug-likeness (QED) is 0.325. The number of pyridine rings is 1. The third kappa shape index (κ3) is 4.26. The van der Waals surface area contributed by atoms with Crippen molar-refractivity contribution in [1.29, 1.82) is 0 Å². The van der Waals surface area contributed by atoms with Gasteiger partial charge >= 0.3 is 0 Å². The van der Waals surface area contributed by atoms with Crippen LogP contribution in [0.3, 0.4) is 0 Å². The number of aromatic nitrogens is 6. The number of nitrogens with zero attached hydrogens (tertiary/aromatic N) is 6.